The second-order valence-electron chi connectivity index (χ2n) is 9.21. The van der Waals surface area contributed by atoms with E-state index in [0.29, 0.717) is 17.9 Å². The van der Waals surface area contributed by atoms with Crippen molar-refractivity contribution in [3.63, 3.8) is 0 Å². The number of sulfonamides is 1. The number of rotatable bonds is 6. The first-order valence-corrected chi connectivity index (χ1v) is 14.6. The summed E-state index contributed by atoms with van der Waals surface area (Å²) in [5, 5.41) is 4.28. The Hall–Kier alpha value is -0.893. The lowest BCUT2D eigenvalue weighted by atomic mass is 9.88. The first-order chi connectivity index (χ1) is 12.8. The summed E-state index contributed by atoms with van der Waals surface area (Å²) in [6.45, 7) is 13.2. The number of aryl methyl sites for hydroxylation is 1. The summed E-state index contributed by atoms with van der Waals surface area (Å²) in [4.78, 5) is 0.293. The summed E-state index contributed by atoms with van der Waals surface area (Å²) in [6.07, 6.45) is 2.27. The van der Waals surface area contributed by atoms with Crippen LogP contribution < -0.4 is 4.72 Å². The second-order valence-corrected chi connectivity index (χ2v) is 16.2. The molecule has 1 fully saturated rings. The molecule has 0 aromatic heterocycles. The highest BCUT2D eigenvalue weighted by Gasteiger charge is 2.40. The molecule has 0 saturated heterocycles. The van der Waals surface area contributed by atoms with Crippen LogP contribution in [0.1, 0.15) is 45.6 Å². The highest BCUT2D eigenvalue weighted by atomic mass is 35.5. The Morgan fingerprint density at radius 2 is 1.86 bits per heavy atom. The smallest absolute Gasteiger partial charge is 0.286 e. The molecular weight excluding hydrogens is 412 g/mol. The summed E-state index contributed by atoms with van der Waals surface area (Å²) in [5.74, 6) is 0.189. The molecule has 0 aliphatic heterocycles. The molecule has 0 heterocycles. The predicted octanol–water partition coefficient (Wildman–Crippen LogP) is 5.06. The van der Waals surface area contributed by atoms with Crippen LogP contribution in [0.15, 0.2) is 34.3 Å². The maximum atomic E-state index is 12.5. The number of nitrogens with one attached hydrogen (secondary N) is 1. The van der Waals surface area contributed by atoms with Crippen molar-refractivity contribution in [2.75, 3.05) is 6.54 Å². The fourth-order valence-electron chi connectivity index (χ4n) is 2.68. The topological polar surface area (TPSA) is 67.8 Å². The van der Waals surface area contributed by atoms with E-state index < -0.39 is 18.3 Å². The molecule has 0 amide bonds. The SMILES string of the molecule is Cc1ccc(S(=O)(=O)NCC2CC/C(=N/O[Si](C)(C)C(C)(C)C)C(Cl)C2)cc1. The van der Waals surface area contributed by atoms with Gasteiger partial charge in [-0.2, -0.15) is 0 Å². The summed E-state index contributed by atoms with van der Waals surface area (Å²) >= 11 is 6.53. The van der Waals surface area contributed by atoms with Crippen molar-refractivity contribution in [2.24, 2.45) is 11.1 Å². The molecule has 2 unspecified atom stereocenters. The average molecular weight is 445 g/mol. The third-order valence-electron chi connectivity index (χ3n) is 5.80. The van der Waals surface area contributed by atoms with Gasteiger partial charge < -0.3 is 4.53 Å². The van der Waals surface area contributed by atoms with Gasteiger partial charge in [-0.1, -0.05) is 38.5 Å². The number of hydrogen-bond acceptors (Lipinski definition) is 4. The van der Waals surface area contributed by atoms with E-state index in [1.54, 1.807) is 24.3 Å². The minimum atomic E-state index is -3.50. The second kappa shape index (κ2) is 8.86. The zero-order chi connectivity index (χ0) is 21.2. The summed E-state index contributed by atoms with van der Waals surface area (Å²) in [7, 11) is -5.45. The van der Waals surface area contributed by atoms with Crippen molar-refractivity contribution in [2.45, 2.75) is 75.4 Å². The van der Waals surface area contributed by atoms with Crippen molar-refractivity contribution in [1.29, 1.82) is 0 Å². The molecule has 1 saturated carbocycles. The third-order valence-corrected chi connectivity index (χ3v) is 11.8. The normalized spacial score (nSPS) is 23.0. The van der Waals surface area contributed by atoms with Gasteiger partial charge in [-0.05, 0) is 62.4 Å². The van der Waals surface area contributed by atoms with Crippen LogP contribution in [0.4, 0.5) is 0 Å². The molecule has 28 heavy (non-hydrogen) atoms. The van der Waals surface area contributed by atoms with Gasteiger partial charge in [-0.25, -0.2) is 13.1 Å². The molecule has 5 nitrogen and oxygen atoms in total. The number of nitrogens with zero attached hydrogens (tertiary/aromatic N) is 1. The summed E-state index contributed by atoms with van der Waals surface area (Å²) in [6, 6.07) is 6.86. The van der Waals surface area contributed by atoms with E-state index in [2.05, 4.69) is 43.7 Å². The number of halogens is 1. The highest BCUT2D eigenvalue weighted by molar-refractivity contribution is 7.89. The van der Waals surface area contributed by atoms with Crippen LogP contribution in [0.5, 0.6) is 0 Å². The quantitative estimate of drug-likeness (QED) is 0.378. The van der Waals surface area contributed by atoms with Gasteiger partial charge in [-0.15, -0.1) is 16.8 Å². The zero-order valence-electron chi connectivity index (χ0n) is 17.8. The molecule has 158 valence electrons. The lowest BCUT2D eigenvalue weighted by Gasteiger charge is -2.34. The van der Waals surface area contributed by atoms with Gasteiger partial charge in [0.1, 0.15) is 0 Å². The number of alkyl halides is 1. The van der Waals surface area contributed by atoms with Gasteiger partial charge >= 0.3 is 0 Å². The van der Waals surface area contributed by atoms with Gasteiger partial charge in [-0.3, -0.25) is 0 Å². The van der Waals surface area contributed by atoms with Crippen LogP contribution in [0, 0.1) is 12.8 Å². The Labute approximate surface area is 176 Å². The van der Waals surface area contributed by atoms with Gasteiger partial charge in [0.2, 0.25) is 10.0 Å². The maximum Gasteiger partial charge on any atom is 0.286 e. The molecule has 1 N–H and O–H groups in total. The van der Waals surface area contributed by atoms with Crippen molar-refractivity contribution in [3.05, 3.63) is 29.8 Å². The van der Waals surface area contributed by atoms with Crippen LogP contribution in [0.25, 0.3) is 0 Å². The van der Waals surface area contributed by atoms with Crippen LogP contribution in [-0.4, -0.2) is 34.4 Å². The molecule has 2 atom stereocenters. The van der Waals surface area contributed by atoms with Gasteiger partial charge in [0, 0.05) is 6.54 Å². The number of oxime groups is 1. The molecule has 2 rings (SSSR count). The fraction of sp³-hybridized carbons (Fsp3) is 0.650. The lowest BCUT2D eigenvalue weighted by Crippen LogP contribution is -2.40. The lowest BCUT2D eigenvalue weighted by molar-refractivity contribution is 0.301. The zero-order valence-corrected chi connectivity index (χ0v) is 20.3. The Morgan fingerprint density at radius 3 is 2.39 bits per heavy atom. The van der Waals surface area contributed by atoms with Crippen molar-refractivity contribution >= 4 is 35.7 Å². The third kappa shape index (κ3) is 6.05. The Balaban J connectivity index is 1.91. The van der Waals surface area contributed by atoms with Crippen LogP contribution in [-0.2, 0) is 14.6 Å². The molecule has 1 aliphatic rings. The van der Waals surface area contributed by atoms with E-state index in [0.717, 1.165) is 24.1 Å². The molecule has 1 aromatic carbocycles. The summed E-state index contributed by atoms with van der Waals surface area (Å²) < 4.78 is 33.6. The molecule has 8 heteroatoms. The summed E-state index contributed by atoms with van der Waals surface area (Å²) in [5.41, 5.74) is 1.91. The minimum Gasteiger partial charge on any atom is -0.455 e. The van der Waals surface area contributed by atoms with Gasteiger partial charge in [0.05, 0.1) is 16.0 Å². The van der Waals surface area contributed by atoms with E-state index in [1.165, 1.54) is 0 Å². The Morgan fingerprint density at radius 1 is 1.25 bits per heavy atom. The molecular formula is C20H33ClN2O3SSi. The van der Waals surface area contributed by atoms with E-state index in [4.69, 9.17) is 16.1 Å². The van der Waals surface area contributed by atoms with Crippen LogP contribution >= 0.6 is 11.6 Å². The van der Waals surface area contributed by atoms with Crippen LogP contribution in [0.3, 0.4) is 0 Å². The van der Waals surface area contributed by atoms with E-state index in [9.17, 15) is 8.42 Å². The average Bonchev–Trinajstić information content (AvgIpc) is 2.58. The molecule has 1 aromatic rings. The standard InChI is InChI=1S/C20H33ClN2O3SSi/c1-15-7-10-17(11-8-15)27(24,25)22-14-16-9-12-19(18(21)13-16)23-26-28(5,6)20(2,3)4/h7-8,10-11,16,18,22H,9,12-14H2,1-6H3/b23-19-. The van der Waals surface area contributed by atoms with Gasteiger partial charge in [0.25, 0.3) is 8.32 Å². The molecule has 0 spiro atoms. The first kappa shape index (κ1) is 23.4. The Bertz CT molecular complexity index is 802. The number of hydrogen-bond donors (Lipinski definition) is 1. The largest absolute Gasteiger partial charge is 0.455 e. The Kier molecular flexibility index (Phi) is 7.40. The van der Waals surface area contributed by atoms with Gasteiger partial charge in [0.15, 0.2) is 0 Å². The molecule has 1 aliphatic carbocycles. The molecule has 0 bridgehead atoms. The van der Waals surface area contributed by atoms with E-state index in [-0.39, 0.29) is 16.3 Å². The monoisotopic (exact) mass is 444 g/mol. The maximum absolute atomic E-state index is 12.5. The van der Waals surface area contributed by atoms with E-state index >= 15 is 0 Å². The molecule has 0 radical (unpaired) electrons. The fourth-order valence-corrected chi connectivity index (χ4v) is 4.82. The van der Waals surface area contributed by atoms with Crippen molar-refractivity contribution < 1.29 is 12.9 Å². The van der Waals surface area contributed by atoms with E-state index in [1.807, 2.05) is 6.92 Å². The van der Waals surface area contributed by atoms with Crippen LogP contribution in [0.2, 0.25) is 18.1 Å². The van der Waals surface area contributed by atoms with Crippen molar-refractivity contribution in [3.8, 4) is 0 Å². The van der Waals surface area contributed by atoms with Crippen molar-refractivity contribution in [1.82, 2.24) is 4.72 Å². The number of benzene rings is 1. The highest BCUT2D eigenvalue weighted by Crippen LogP contribution is 2.37. The predicted molar refractivity (Wildman–Crippen MR) is 119 cm³/mol. The minimum absolute atomic E-state index is 0.0876. The first-order valence-electron chi connectivity index (χ1n) is 9.77.